The van der Waals surface area contributed by atoms with Crippen LogP contribution in [0.3, 0.4) is 0 Å². The van der Waals surface area contributed by atoms with E-state index >= 15 is 0 Å². The van der Waals surface area contributed by atoms with Crippen LogP contribution in [0, 0.1) is 0 Å². The Labute approximate surface area is 164 Å². The van der Waals surface area contributed by atoms with Gasteiger partial charge >= 0.3 is 0 Å². The molecule has 0 aromatic heterocycles. The van der Waals surface area contributed by atoms with Gasteiger partial charge in [-0.15, -0.1) is 0 Å². The number of ether oxygens (including phenoxy) is 2. The molecule has 0 aliphatic heterocycles. The minimum Gasteiger partial charge on any atom is -0.490 e. The second-order valence-electron chi connectivity index (χ2n) is 4.87. The number of methoxy groups -OCH3 is 1. The highest BCUT2D eigenvalue weighted by molar-refractivity contribution is 9.10. The number of amides is 1. The highest BCUT2D eigenvalue weighted by Gasteiger charge is 2.15. The van der Waals surface area contributed by atoms with Crippen LogP contribution in [0.15, 0.2) is 46.9 Å². The van der Waals surface area contributed by atoms with Crippen molar-refractivity contribution in [2.45, 2.75) is 0 Å². The van der Waals surface area contributed by atoms with Gasteiger partial charge in [-0.2, -0.15) is 0 Å². The molecule has 0 atom stereocenters. The maximum Gasteiger partial charge on any atom is 0.261 e. The van der Waals surface area contributed by atoms with Crippen LogP contribution in [0.2, 0.25) is 5.02 Å². The lowest BCUT2D eigenvalue weighted by molar-refractivity contribution is 0.0969. The van der Waals surface area contributed by atoms with Crippen LogP contribution in [0.4, 0.5) is 5.69 Å². The molecule has 0 fully saturated rings. The van der Waals surface area contributed by atoms with Crippen LogP contribution < -0.4 is 15.4 Å². The number of nitrogens with one attached hydrogen (secondary N) is 2. The summed E-state index contributed by atoms with van der Waals surface area (Å²) in [5.41, 5.74) is 0.967. The summed E-state index contributed by atoms with van der Waals surface area (Å²) in [6.45, 7) is 0.754. The molecule has 25 heavy (non-hydrogen) atoms. The molecular formula is C17H16BrClN2O3S. The molecule has 1 amide bonds. The van der Waals surface area contributed by atoms with Crippen LogP contribution in [-0.4, -0.2) is 31.3 Å². The average Bonchev–Trinajstić information content (AvgIpc) is 2.58. The predicted octanol–water partition coefficient (Wildman–Crippen LogP) is 4.25. The van der Waals surface area contributed by atoms with Crippen molar-refractivity contribution in [1.82, 2.24) is 5.32 Å². The summed E-state index contributed by atoms with van der Waals surface area (Å²) in [6.07, 6.45) is 0. The molecule has 0 aliphatic carbocycles. The van der Waals surface area contributed by atoms with Crippen molar-refractivity contribution < 1.29 is 14.3 Å². The number of hydrogen-bond donors (Lipinski definition) is 2. The van der Waals surface area contributed by atoms with Gasteiger partial charge in [0, 0.05) is 11.6 Å². The SMILES string of the molecule is COCCOc1ccc(Br)cc1C(=O)NC(=S)Nc1ccccc1Cl. The van der Waals surface area contributed by atoms with E-state index in [0.29, 0.717) is 35.2 Å². The summed E-state index contributed by atoms with van der Waals surface area (Å²) in [5, 5.41) is 6.16. The third kappa shape index (κ3) is 5.97. The number of carbonyl (C=O) groups is 1. The fourth-order valence-corrected chi connectivity index (χ4v) is 2.67. The first-order valence-electron chi connectivity index (χ1n) is 7.29. The molecule has 0 radical (unpaired) electrons. The molecule has 0 bridgehead atoms. The number of carbonyl (C=O) groups excluding carboxylic acids is 1. The summed E-state index contributed by atoms with van der Waals surface area (Å²) in [4.78, 5) is 12.5. The number of halogens is 2. The molecule has 5 nitrogen and oxygen atoms in total. The molecule has 0 spiro atoms. The lowest BCUT2D eigenvalue weighted by atomic mass is 10.2. The molecule has 2 aromatic rings. The minimum atomic E-state index is -0.390. The molecular weight excluding hydrogens is 428 g/mol. The maximum absolute atomic E-state index is 12.5. The van der Waals surface area contributed by atoms with Gasteiger partial charge in [-0.25, -0.2) is 0 Å². The first-order valence-corrected chi connectivity index (χ1v) is 8.87. The molecule has 0 aliphatic rings. The molecule has 2 N–H and O–H groups in total. The second-order valence-corrected chi connectivity index (χ2v) is 6.60. The Morgan fingerprint density at radius 2 is 2.00 bits per heavy atom. The van der Waals surface area contributed by atoms with E-state index in [1.807, 2.05) is 6.07 Å². The van der Waals surface area contributed by atoms with Gasteiger partial charge in [0.05, 0.1) is 22.9 Å². The van der Waals surface area contributed by atoms with Gasteiger partial charge in [-0.05, 0) is 42.5 Å². The molecule has 2 rings (SSSR count). The van der Waals surface area contributed by atoms with E-state index in [4.69, 9.17) is 33.3 Å². The zero-order chi connectivity index (χ0) is 18.2. The zero-order valence-corrected chi connectivity index (χ0v) is 16.5. The van der Waals surface area contributed by atoms with Crippen molar-refractivity contribution in [2.24, 2.45) is 0 Å². The van der Waals surface area contributed by atoms with Gasteiger partial charge in [-0.1, -0.05) is 39.7 Å². The van der Waals surface area contributed by atoms with Crippen LogP contribution in [0.1, 0.15) is 10.4 Å². The van der Waals surface area contributed by atoms with Crippen molar-refractivity contribution in [2.75, 3.05) is 25.6 Å². The van der Waals surface area contributed by atoms with Gasteiger partial charge < -0.3 is 14.8 Å². The number of rotatable bonds is 6. The molecule has 0 unspecified atom stereocenters. The van der Waals surface area contributed by atoms with Crippen LogP contribution in [0.5, 0.6) is 5.75 Å². The lowest BCUT2D eigenvalue weighted by Gasteiger charge is -2.14. The van der Waals surface area contributed by atoms with Crippen molar-refractivity contribution in [3.8, 4) is 5.75 Å². The first-order chi connectivity index (χ1) is 12.0. The third-order valence-corrected chi connectivity index (χ3v) is 4.11. The second kappa shape index (κ2) is 9.72. The topological polar surface area (TPSA) is 59.6 Å². The normalized spacial score (nSPS) is 10.2. The van der Waals surface area contributed by atoms with Gasteiger partial charge in [0.2, 0.25) is 0 Å². The number of hydrogen-bond acceptors (Lipinski definition) is 4. The van der Waals surface area contributed by atoms with E-state index in [1.54, 1.807) is 43.5 Å². The van der Waals surface area contributed by atoms with Crippen LogP contribution in [-0.2, 0) is 4.74 Å². The Bertz CT molecular complexity index is 773. The van der Waals surface area contributed by atoms with Gasteiger partial charge in [-0.3, -0.25) is 10.1 Å². The summed E-state index contributed by atoms with van der Waals surface area (Å²) >= 11 is 14.6. The number of anilines is 1. The maximum atomic E-state index is 12.5. The van der Waals surface area contributed by atoms with Crippen molar-refractivity contribution in [3.05, 3.63) is 57.5 Å². The highest BCUT2D eigenvalue weighted by Crippen LogP contribution is 2.24. The summed E-state index contributed by atoms with van der Waals surface area (Å²) < 4.78 is 11.3. The Kier molecular flexibility index (Phi) is 7.64. The predicted molar refractivity (Wildman–Crippen MR) is 107 cm³/mol. The smallest absolute Gasteiger partial charge is 0.261 e. The van der Waals surface area contributed by atoms with E-state index in [-0.39, 0.29) is 5.11 Å². The number of benzene rings is 2. The fraction of sp³-hybridized carbons (Fsp3) is 0.176. The minimum absolute atomic E-state index is 0.140. The van der Waals surface area contributed by atoms with E-state index in [0.717, 1.165) is 4.47 Å². The Morgan fingerprint density at radius 3 is 2.72 bits per heavy atom. The monoisotopic (exact) mass is 442 g/mol. The van der Waals surface area contributed by atoms with E-state index in [9.17, 15) is 4.79 Å². The largest absolute Gasteiger partial charge is 0.490 e. The standard InChI is InChI=1S/C17H16BrClN2O3S/c1-23-8-9-24-15-7-6-11(18)10-12(15)16(22)21-17(25)20-14-5-3-2-4-13(14)19/h2-7,10H,8-9H2,1H3,(H2,20,21,22,25). The molecule has 8 heteroatoms. The number of para-hydroxylation sites is 1. The lowest BCUT2D eigenvalue weighted by Crippen LogP contribution is -2.34. The third-order valence-electron chi connectivity index (χ3n) is 3.08. The Balaban J connectivity index is 2.07. The molecule has 2 aromatic carbocycles. The van der Waals surface area contributed by atoms with E-state index in [1.165, 1.54) is 0 Å². The van der Waals surface area contributed by atoms with Crippen molar-refractivity contribution >= 4 is 56.5 Å². The fourth-order valence-electron chi connectivity index (χ4n) is 1.93. The van der Waals surface area contributed by atoms with Gasteiger partial charge in [0.1, 0.15) is 12.4 Å². The summed E-state index contributed by atoms with van der Waals surface area (Å²) in [5.74, 6) is 0.0524. The molecule has 132 valence electrons. The summed E-state index contributed by atoms with van der Waals surface area (Å²) in [7, 11) is 1.58. The van der Waals surface area contributed by atoms with Crippen LogP contribution >= 0.6 is 39.7 Å². The quantitative estimate of drug-likeness (QED) is 0.516. The van der Waals surface area contributed by atoms with E-state index in [2.05, 4.69) is 26.6 Å². The zero-order valence-electron chi connectivity index (χ0n) is 13.3. The van der Waals surface area contributed by atoms with Crippen molar-refractivity contribution in [1.29, 1.82) is 0 Å². The molecule has 0 saturated carbocycles. The van der Waals surface area contributed by atoms with Crippen molar-refractivity contribution in [3.63, 3.8) is 0 Å². The number of thiocarbonyl (C=S) groups is 1. The van der Waals surface area contributed by atoms with Crippen LogP contribution in [0.25, 0.3) is 0 Å². The average molecular weight is 444 g/mol. The van der Waals surface area contributed by atoms with Gasteiger partial charge in [0.25, 0.3) is 5.91 Å². The highest BCUT2D eigenvalue weighted by atomic mass is 79.9. The van der Waals surface area contributed by atoms with Gasteiger partial charge in [0.15, 0.2) is 5.11 Å². The Morgan fingerprint density at radius 1 is 1.24 bits per heavy atom. The first kappa shape index (κ1) is 19.7. The van der Waals surface area contributed by atoms with E-state index < -0.39 is 5.91 Å². The molecule has 0 heterocycles. The Hall–Kier alpha value is -1.67. The molecule has 0 saturated heterocycles. The summed E-state index contributed by atoms with van der Waals surface area (Å²) in [6, 6.07) is 12.3.